The average molecular weight is 508 g/mol. The lowest BCUT2D eigenvalue weighted by Gasteiger charge is -2.31. The van der Waals surface area contributed by atoms with Gasteiger partial charge in [-0.3, -0.25) is 14.4 Å². The monoisotopic (exact) mass is 507 g/mol. The third-order valence-electron chi connectivity index (χ3n) is 5.77. The number of carbonyl (C=O) groups is 4. The van der Waals surface area contributed by atoms with Gasteiger partial charge in [-0.1, -0.05) is 42.1 Å². The van der Waals surface area contributed by atoms with Gasteiger partial charge in [0.1, 0.15) is 5.92 Å². The molecule has 2 atom stereocenters. The highest BCUT2D eigenvalue weighted by atomic mass is 32.2. The van der Waals surface area contributed by atoms with E-state index in [1.807, 2.05) is 32.0 Å². The van der Waals surface area contributed by atoms with Crippen LogP contribution >= 0.6 is 11.8 Å². The maximum absolute atomic E-state index is 13.0. The average Bonchev–Trinajstić information content (AvgIpc) is 2.88. The van der Waals surface area contributed by atoms with Crippen molar-refractivity contribution in [3.05, 3.63) is 75.3 Å². The second-order valence-electron chi connectivity index (χ2n) is 8.04. The van der Waals surface area contributed by atoms with Crippen molar-refractivity contribution in [3.8, 4) is 6.07 Å². The summed E-state index contributed by atoms with van der Waals surface area (Å²) in [6.45, 7) is 3.77. The number of aryl methyl sites for hydroxylation is 2. The van der Waals surface area contributed by atoms with Crippen molar-refractivity contribution in [2.24, 2.45) is 5.92 Å². The molecular formula is C26H25N3O6S. The minimum absolute atomic E-state index is 0.0779. The Labute approximate surface area is 212 Å². The molecule has 0 saturated carbocycles. The topological polar surface area (TPSA) is 135 Å². The summed E-state index contributed by atoms with van der Waals surface area (Å²) in [6.07, 6.45) is 0. The summed E-state index contributed by atoms with van der Waals surface area (Å²) in [5, 5.41) is 15.6. The van der Waals surface area contributed by atoms with Gasteiger partial charge in [0.05, 0.1) is 42.2 Å². The molecule has 0 radical (unpaired) electrons. The summed E-state index contributed by atoms with van der Waals surface area (Å²) in [5.74, 6) is -4.68. The zero-order valence-corrected chi connectivity index (χ0v) is 21.0. The number of hydrogen-bond acceptors (Lipinski definition) is 8. The van der Waals surface area contributed by atoms with Crippen LogP contribution in [0.2, 0.25) is 0 Å². The minimum Gasteiger partial charge on any atom is -0.468 e. The Kier molecular flexibility index (Phi) is 8.51. The van der Waals surface area contributed by atoms with Crippen LogP contribution < -0.4 is 10.6 Å². The number of rotatable bonds is 7. The highest BCUT2D eigenvalue weighted by molar-refractivity contribution is 8.03. The molecule has 9 nitrogen and oxygen atoms in total. The number of thioether (sulfide) groups is 1. The van der Waals surface area contributed by atoms with Crippen molar-refractivity contribution in [1.29, 1.82) is 5.26 Å². The largest absolute Gasteiger partial charge is 0.468 e. The van der Waals surface area contributed by atoms with E-state index in [1.54, 1.807) is 12.1 Å². The molecule has 2 aromatic carbocycles. The van der Waals surface area contributed by atoms with Crippen molar-refractivity contribution in [3.63, 3.8) is 0 Å². The Morgan fingerprint density at radius 1 is 1.06 bits per heavy atom. The molecular weight excluding hydrogens is 482 g/mol. The first-order valence-corrected chi connectivity index (χ1v) is 11.9. The maximum atomic E-state index is 13.0. The first-order valence-electron chi connectivity index (χ1n) is 10.9. The number of amides is 2. The quantitative estimate of drug-likeness (QED) is 0.431. The summed E-state index contributed by atoms with van der Waals surface area (Å²) in [4.78, 5) is 49.9. The predicted octanol–water partition coefficient (Wildman–Crippen LogP) is 3.20. The summed E-state index contributed by atoms with van der Waals surface area (Å²) >= 11 is 0.991. The number of nitrogens with zero attached hydrogens (tertiary/aromatic N) is 1. The maximum Gasteiger partial charge on any atom is 0.337 e. The van der Waals surface area contributed by atoms with Gasteiger partial charge in [-0.15, -0.1) is 0 Å². The van der Waals surface area contributed by atoms with E-state index in [2.05, 4.69) is 16.7 Å². The Bertz CT molecular complexity index is 1260. The zero-order chi connectivity index (χ0) is 26.4. The van der Waals surface area contributed by atoms with Crippen LogP contribution in [-0.2, 0) is 23.9 Å². The lowest BCUT2D eigenvalue weighted by Crippen LogP contribution is -2.44. The predicted molar refractivity (Wildman–Crippen MR) is 134 cm³/mol. The molecule has 0 aromatic heterocycles. The van der Waals surface area contributed by atoms with E-state index in [0.717, 1.165) is 30.0 Å². The molecule has 3 rings (SSSR count). The van der Waals surface area contributed by atoms with Gasteiger partial charge in [0.25, 0.3) is 0 Å². The van der Waals surface area contributed by atoms with E-state index in [0.29, 0.717) is 11.3 Å². The number of para-hydroxylation sites is 1. The number of esters is 2. The van der Waals surface area contributed by atoms with Crippen LogP contribution in [0.25, 0.3) is 0 Å². The molecule has 0 spiro atoms. The second kappa shape index (κ2) is 11.6. The summed E-state index contributed by atoms with van der Waals surface area (Å²) in [6, 6.07) is 13.8. The standard InChI is InChI=1S/C26H25N3O6S/c1-14-6-5-7-15(2)22(14)28-19(30)13-36-24-18(12-27)20(21(23(31)29-24)26(33)35-4)16-8-10-17(11-9-16)25(32)34-3/h5-11,20-21H,13H2,1-4H3,(H,28,30)(H,29,31)/t20-,21-/m1/s1. The van der Waals surface area contributed by atoms with Crippen molar-refractivity contribution in [2.75, 3.05) is 25.3 Å². The summed E-state index contributed by atoms with van der Waals surface area (Å²) in [7, 11) is 2.41. The number of methoxy groups -OCH3 is 2. The number of benzene rings is 2. The van der Waals surface area contributed by atoms with Gasteiger partial charge in [-0.2, -0.15) is 5.26 Å². The highest BCUT2D eigenvalue weighted by Crippen LogP contribution is 2.40. The number of nitrogens with one attached hydrogen (secondary N) is 2. The second-order valence-corrected chi connectivity index (χ2v) is 9.03. The number of hydrogen-bond donors (Lipinski definition) is 2. The number of allylic oxidation sites excluding steroid dienone is 1. The molecule has 10 heteroatoms. The van der Waals surface area contributed by atoms with Crippen LogP contribution in [0.15, 0.2) is 53.1 Å². The van der Waals surface area contributed by atoms with Crippen molar-refractivity contribution in [2.45, 2.75) is 19.8 Å². The molecule has 2 amide bonds. The van der Waals surface area contributed by atoms with Gasteiger partial charge in [0.2, 0.25) is 11.8 Å². The number of nitriles is 1. The van der Waals surface area contributed by atoms with E-state index in [1.165, 1.54) is 19.2 Å². The van der Waals surface area contributed by atoms with E-state index >= 15 is 0 Å². The third-order valence-corrected chi connectivity index (χ3v) is 6.78. The van der Waals surface area contributed by atoms with E-state index < -0.39 is 29.7 Å². The Morgan fingerprint density at radius 3 is 2.25 bits per heavy atom. The lowest BCUT2D eigenvalue weighted by molar-refractivity contribution is -0.150. The fourth-order valence-electron chi connectivity index (χ4n) is 3.95. The molecule has 0 bridgehead atoms. The first-order chi connectivity index (χ1) is 17.2. The summed E-state index contributed by atoms with van der Waals surface area (Å²) in [5.41, 5.74) is 3.37. The molecule has 2 N–H and O–H groups in total. The molecule has 2 aromatic rings. The Hall–Kier alpha value is -4.10. The van der Waals surface area contributed by atoms with Crippen LogP contribution in [0.5, 0.6) is 0 Å². The van der Waals surface area contributed by atoms with Crippen LogP contribution in [0.3, 0.4) is 0 Å². The van der Waals surface area contributed by atoms with E-state index in [-0.39, 0.29) is 27.8 Å². The lowest BCUT2D eigenvalue weighted by atomic mass is 9.78. The molecule has 0 fully saturated rings. The number of ether oxygens (including phenoxy) is 2. The van der Waals surface area contributed by atoms with Crippen molar-refractivity contribution >= 4 is 41.2 Å². The van der Waals surface area contributed by atoms with Gasteiger partial charge in [-0.25, -0.2) is 4.79 Å². The van der Waals surface area contributed by atoms with Crippen LogP contribution in [0.1, 0.15) is 33.0 Å². The molecule has 1 heterocycles. The van der Waals surface area contributed by atoms with E-state index in [4.69, 9.17) is 9.47 Å². The van der Waals surface area contributed by atoms with Gasteiger partial charge < -0.3 is 20.1 Å². The molecule has 186 valence electrons. The molecule has 0 saturated heterocycles. The molecule has 0 aliphatic carbocycles. The van der Waals surface area contributed by atoms with Gasteiger partial charge >= 0.3 is 11.9 Å². The summed E-state index contributed by atoms with van der Waals surface area (Å²) < 4.78 is 9.54. The van der Waals surface area contributed by atoms with Crippen LogP contribution in [0.4, 0.5) is 5.69 Å². The van der Waals surface area contributed by atoms with Crippen molar-refractivity contribution < 1.29 is 28.7 Å². The molecule has 36 heavy (non-hydrogen) atoms. The Balaban J connectivity index is 1.92. The highest BCUT2D eigenvalue weighted by Gasteiger charge is 2.44. The van der Waals surface area contributed by atoms with Crippen molar-refractivity contribution in [1.82, 2.24) is 5.32 Å². The minimum atomic E-state index is -1.32. The van der Waals surface area contributed by atoms with Gasteiger partial charge in [0, 0.05) is 11.6 Å². The smallest absolute Gasteiger partial charge is 0.337 e. The fraction of sp³-hybridized carbons (Fsp3) is 0.269. The van der Waals surface area contributed by atoms with Crippen LogP contribution in [-0.4, -0.2) is 43.7 Å². The molecule has 1 aliphatic rings. The zero-order valence-electron chi connectivity index (χ0n) is 20.2. The Morgan fingerprint density at radius 2 is 1.69 bits per heavy atom. The van der Waals surface area contributed by atoms with Gasteiger partial charge in [0.15, 0.2) is 0 Å². The third kappa shape index (κ3) is 5.58. The van der Waals surface area contributed by atoms with E-state index in [9.17, 15) is 24.4 Å². The molecule has 0 unspecified atom stereocenters. The fourth-order valence-corrected chi connectivity index (χ4v) is 4.80. The van der Waals surface area contributed by atoms with Gasteiger partial charge in [-0.05, 0) is 42.7 Å². The normalized spacial score (nSPS) is 17.0. The first kappa shape index (κ1) is 26.5. The SMILES string of the molecule is COC(=O)c1ccc([C@@H]2C(C#N)=C(SCC(=O)Nc3c(C)cccc3C)NC(=O)[C@@H]2C(=O)OC)cc1. The molecule has 1 aliphatic heterocycles. The number of carbonyl (C=O) groups excluding carboxylic acids is 4. The van der Waals surface area contributed by atoms with Crippen LogP contribution in [0, 0.1) is 31.1 Å². The number of anilines is 1.